The highest BCUT2D eigenvalue weighted by Crippen LogP contribution is 2.33. The van der Waals surface area contributed by atoms with Gasteiger partial charge in [0, 0.05) is 24.4 Å². The number of carbonyl (C=O) groups excluding carboxylic acids is 2. The van der Waals surface area contributed by atoms with Gasteiger partial charge in [-0.15, -0.1) is 0 Å². The molecule has 1 aromatic rings. The van der Waals surface area contributed by atoms with Crippen molar-refractivity contribution in [1.29, 1.82) is 0 Å². The van der Waals surface area contributed by atoms with Crippen molar-refractivity contribution >= 4 is 11.9 Å². The average Bonchev–Trinajstić information content (AvgIpc) is 3.16. The predicted molar refractivity (Wildman–Crippen MR) is 104 cm³/mol. The maximum atomic E-state index is 12.4. The number of hydrogen-bond acceptors (Lipinski definition) is 4. The Hall–Kier alpha value is -2.28. The van der Waals surface area contributed by atoms with Crippen LogP contribution in [0.1, 0.15) is 56.6 Å². The second kappa shape index (κ2) is 8.82. The Morgan fingerprint density at radius 2 is 1.79 bits per heavy atom. The molecule has 3 N–H and O–H groups in total. The molecular weight excluding hydrogens is 358 g/mol. The fourth-order valence-corrected chi connectivity index (χ4v) is 4.65. The van der Waals surface area contributed by atoms with E-state index in [0.29, 0.717) is 19.8 Å². The highest BCUT2D eigenvalue weighted by Gasteiger charge is 2.33. The molecule has 2 aliphatic heterocycles. The molecule has 1 aromatic carbocycles. The number of quaternary nitrogens is 1. The van der Waals surface area contributed by atoms with E-state index in [1.165, 1.54) is 11.3 Å². The topological polar surface area (TPSA) is 81.1 Å². The maximum Gasteiger partial charge on any atom is 0.321 e. The molecule has 7 nitrogen and oxygen atoms in total. The number of carbonyl (C=O) groups is 2. The first kappa shape index (κ1) is 19.1. The lowest BCUT2D eigenvalue weighted by Crippen LogP contribution is -3.11. The van der Waals surface area contributed by atoms with E-state index in [2.05, 4.69) is 16.7 Å². The van der Waals surface area contributed by atoms with Gasteiger partial charge in [-0.3, -0.25) is 10.1 Å². The lowest BCUT2D eigenvalue weighted by atomic mass is 9.96. The first-order valence-electron chi connectivity index (χ1n) is 10.5. The second-order valence-corrected chi connectivity index (χ2v) is 8.04. The molecule has 1 aliphatic carbocycles. The molecule has 3 amide bonds. The summed E-state index contributed by atoms with van der Waals surface area (Å²) in [5, 5.41) is 5.46. The molecule has 0 aromatic heterocycles. The van der Waals surface area contributed by atoms with Crippen LogP contribution >= 0.6 is 0 Å². The van der Waals surface area contributed by atoms with Crippen LogP contribution in [0, 0.1) is 0 Å². The molecule has 0 spiro atoms. The third-order valence-corrected chi connectivity index (χ3v) is 6.03. The van der Waals surface area contributed by atoms with Crippen molar-refractivity contribution in [3.8, 4) is 11.5 Å². The summed E-state index contributed by atoms with van der Waals surface area (Å²) in [7, 11) is 0. The molecular formula is C21H30N3O4+. The van der Waals surface area contributed by atoms with Gasteiger partial charge >= 0.3 is 6.03 Å². The van der Waals surface area contributed by atoms with Gasteiger partial charge in [-0.1, -0.05) is 19.3 Å². The summed E-state index contributed by atoms with van der Waals surface area (Å²) in [6, 6.07) is 6.15. The van der Waals surface area contributed by atoms with Crippen LogP contribution in [0.4, 0.5) is 4.79 Å². The molecule has 152 valence electrons. The first-order valence-corrected chi connectivity index (χ1v) is 10.5. The lowest BCUT2D eigenvalue weighted by Gasteiger charge is -2.24. The zero-order chi connectivity index (χ0) is 19.3. The summed E-state index contributed by atoms with van der Waals surface area (Å²) in [5.41, 5.74) is 1.16. The van der Waals surface area contributed by atoms with Gasteiger partial charge < -0.3 is 19.7 Å². The van der Waals surface area contributed by atoms with Gasteiger partial charge in [-0.25, -0.2) is 4.79 Å². The monoisotopic (exact) mass is 388 g/mol. The summed E-state index contributed by atoms with van der Waals surface area (Å²) in [6.07, 6.45) is 7.63. The molecule has 2 atom stereocenters. The number of amides is 3. The minimum absolute atomic E-state index is 0.200. The van der Waals surface area contributed by atoms with E-state index in [1.807, 2.05) is 12.1 Å². The SMILES string of the molecule is O=C(C[NH+]1CCC[C@@H]1c1ccc2c(c1)OCCO2)NC(=O)NC1CCCCC1. The predicted octanol–water partition coefficient (Wildman–Crippen LogP) is 1.34. The van der Waals surface area contributed by atoms with Crippen molar-refractivity contribution in [1.82, 2.24) is 10.6 Å². The van der Waals surface area contributed by atoms with Crippen LogP contribution in [0.5, 0.6) is 11.5 Å². The summed E-state index contributed by atoms with van der Waals surface area (Å²) in [6.45, 7) is 2.38. The van der Waals surface area contributed by atoms with Gasteiger partial charge in [0.1, 0.15) is 19.3 Å². The highest BCUT2D eigenvalue weighted by atomic mass is 16.6. The number of ether oxygens (including phenoxy) is 2. The molecule has 0 radical (unpaired) electrons. The summed E-state index contributed by atoms with van der Waals surface area (Å²) in [5.74, 6) is 1.35. The van der Waals surface area contributed by atoms with Gasteiger partial charge in [0.2, 0.25) is 0 Å². The zero-order valence-corrected chi connectivity index (χ0v) is 16.3. The first-order chi connectivity index (χ1) is 13.7. The van der Waals surface area contributed by atoms with Crippen LogP contribution in [0.2, 0.25) is 0 Å². The third kappa shape index (κ3) is 4.58. The third-order valence-electron chi connectivity index (χ3n) is 6.03. The summed E-state index contributed by atoms with van der Waals surface area (Å²) >= 11 is 0. The van der Waals surface area contributed by atoms with Crippen molar-refractivity contribution in [3.63, 3.8) is 0 Å². The van der Waals surface area contributed by atoms with Gasteiger partial charge in [-0.05, 0) is 31.0 Å². The summed E-state index contributed by atoms with van der Waals surface area (Å²) in [4.78, 5) is 25.7. The fraction of sp³-hybridized carbons (Fsp3) is 0.619. The molecule has 1 saturated carbocycles. The fourth-order valence-electron chi connectivity index (χ4n) is 4.65. The number of urea groups is 1. The molecule has 4 rings (SSSR count). The average molecular weight is 388 g/mol. The molecule has 28 heavy (non-hydrogen) atoms. The molecule has 2 fully saturated rings. The second-order valence-electron chi connectivity index (χ2n) is 8.04. The van der Waals surface area contributed by atoms with Gasteiger partial charge in [0.15, 0.2) is 18.0 Å². The van der Waals surface area contributed by atoms with Crippen molar-refractivity contribution in [2.75, 3.05) is 26.3 Å². The Morgan fingerprint density at radius 3 is 2.61 bits per heavy atom. The van der Waals surface area contributed by atoms with Crippen molar-refractivity contribution in [3.05, 3.63) is 23.8 Å². The van der Waals surface area contributed by atoms with Crippen LogP contribution in [0.25, 0.3) is 0 Å². The largest absolute Gasteiger partial charge is 0.486 e. The number of likely N-dealkylation sites (tertiary alicyclic amines) is 1. The number of nitrogens with one attached hydrogen (secondary N) is 3. The Kier molecular flexibility index (Phi) is 6.00. The zero-order valence-electron chi connectivity index (χ0n) is 16.3. The van der Waals surface area contributed by atoms with Crippen LogP contribution in [-0.4, -0.2) is 44.3 Å². The quantitative estimate of drug-likeness (QED) is 0.727. The van der Waals surface area contributed by atoms with Crippen molar-refractivity contribution in [2.45, 2.75) is 57.0 Å². The Bertz CT molecular complexity index is 718. The van der Waals surface area contributed by atoms with E-state index in [0.717, 1.165) is 62.1 Å². The van der Waals surface area contributed by atoms with Crippen LogP contribution in [-0.2, 0) is 4.79 Å². The maximum absolute atomic E-state index is 12.4. The molecule has 1 saturated heterocycles. The smallest absolute Gasteiger partial charge is 0.321 e. The van der Waals surface area contributed by atoms with Gasteiger partial charge in [-0.2, -0.15) is 0 Å². The Labute approximate surface area is 165 Å². The standard InChI is InChI=1S/C21H29N3O4/c25-20(23-21(26)22-16-5-2-1-3-6-16)14-24-10-4-7-17(24)15-8-9-18-19(13-15)28-12-11-27-18/h8-9,13,16-17H,1-7,10-12,14H2,(H2,22,23,25,26)/p+1/t17-/m1/s1. The number of benzene rings is 1. The Balaban J connectivity index is 1.32. The molecule has 3 aliphatic rings. The number of hydrogen-bond donors (Lipinski definition) is 3. The number of rotatable bonds is 4. The summed E-state index contributed by atoms with van der Waals surface area (Å²) < 4.78 is 11.3. The molecule has 1 unspecified atom stereocenters. The molecule has 0 bridgehead atoms. The number of imide groups is 1. The van der Waals surface area contributed by atoms with E-state index in [-0.39, 0.29) is 24.0 Å². The van der Waals surface area contributed by atoms with Gasteiger partial charge in [0.25, 0.3) is 5.91 Å². The normalized spacial score (nSPS) is 24.6. The van der Waals surface area contributed by atoms with E-state index < -0.39 is 0 Å². The minimum atomic E-state index is -0.355. The van der Waals surface area contributed by atoms with E-state index in [1.54, 1.807) is 0 Å². The molecule has 7 heteroatoms. The molecule has 2 heterocycles. The highest BCUT2D eigenvalue weighted by molar-refractivity contribution is 5.94. The van der Waals surface area contributed by atoms with E-state index in [4.69, 9.17) is 9.47 Å². The van der Waals surface area contributed by atoms with E-state index in [9.17, 15) is 9.59 Å². The minimum Gasteiger partial charge on any atom is -0.486 e. The van der Waals surface area contributed by atoms with Crippen molar-refractivity contribution in [2.24, 2.45) is 0 Å². The lowest BCUT2D eigenvalue weighted by molar-refractivity contribution is -0.910. The Morgan fingerprint density at radius 1 is 1.00 bits per heavy atom. The number of fused-ring (bicyclic) bond motifs is 1. The van der Waals surface area contributed by atoms with Crippen molar-refractivity contribution < 1.29 is 24.0 Å². The van der Waals surface area contributed by atoms with Gasteiger partial charge in [0.05, 0.1) is 6.54 Å². The van der Waals surface area contributed by atoms with Crippen LogP contribution < -0.4 is 25.0 Å². The van der Waals surface area contributed by atoms with Crippen LogP contribution in [0.15, 0.2) is 18.2 Å². The van der Waals surface area contributed by atoms with E-state index >= 15 is 0 Å². The van der Waals surface area contributed by atoms with Crippen LogP contribution in [0.3, 0.4) is 0 Å².